The highest BCUT2D eigenvalue weighted by atomic mass is 79.9. The highest BCUT2D eigenvalue weighted by molar-refractivity contribution is 9.28. The van der Waals surface area contributed by atoms with Crippen LogP contribution in [0.4, 0.5) is 0 Å². The Morgan fingerprint density at radius 2 is 1.89 bits per heavy atom. The molecule has 28 heavy (non-hydrogen) atoms. The maximum atomic E-state index is 5.92. The van der Waals surface area contributed by atoms with Gasteiger partial charge in [0.1, 0.15) is 35.7 Å². The quantitative estimate of drug-likeness (QED) is 0.223. The molecule has 5 nitrogen and oxygen atoms in total. The molecule has 2 rings (SSSR count). The minimum absolute atomic E-state index is 0.127. The van der Waals surface area contributed by atoms with Crippen LogP contribution in [0.15, 0.2) is 75.5 Å². The minimum Gasteiger partial charge on any atom is -0.491 e. The van der Waals surface area contributed by atoms with Crippen molar-refractivity contribution >= 4 is 37.6 Å². The van der Waals surface area contributed by atoms with Crippen LogP contribution >= 0.6 is 31.9 Å². The molecule has 0 heterocycles. The fourth-order valence-electron chi connectivity index (χ4n) is 2.21. The minimum atomic E-state index is -0.338. The first kappa shape index (κ1) is 22.5. The number of oxime groups is 1. The van der Waals surface area contributed by atoms with Crippen LogP contribution in [0.5, 0.6) is 11.5 Å². The van der Waals surface area contributed by atoms with Gasteiger partial charge in [-0.25, -0.2) is 0 Å². The Hall–Kier alpha value is -1.83. The van der Waals surface area contributed by atoms with Crippen molar-refractivity contribution in [3.05, 3.63) is 70.4 Å². The number of nitrogens with zero attached hydrogens (tertiary/aromatic N) is 1. The molecule has 1 aliphatic carbocycles. The van der Waals surface area contributed by atoms with Crippen LogP contribution in [0.1, 0.15) is 13.8 Å². The van der Waals surface area contributed by atoms with E-state index < -0.39 is 0 Å². The summed E-state index contributed by atoms with van der Waals surface area (Å²) in [6, 6.07) is 7.47. The number of benzene rings is 1. The summed E-state index contributed by atoms with van der Waals surface area (Å²) >= 11 is 6.61. The van der Waals surface area contributed by atoms with Crippen molar-refractivity contribution in [2.45, 2.75) is 26.1 Å². The van der Waals surface area contributed by atoms with E-state index in [1.807, 2.05) is 56.3 Å². The molecular weight excluding hydrogens is 490 g/mol. The molecule has 1 aromatic carbocycles. The van der Waals surface area contributed by atoms with E-state index in [2.05, 4.69) is 43.6 Å². The number of ether oxygens (including phenoxy) is 3. The molecule has 1 atom stereocenters. The van der Waals surface area contributed by atoms with E-state index in [0.29, 0.717) is 30.4 Å². The summed E-state index contributed by atoms with van der Waals surface area (Å²) in [4.78, 5) is 5.24. The van der Waals surface area contributed by atoms with Crippen molar-refractivity contribution < 1.29 is 19.0 Å². The first-order valence-corrected chi connectivity index (χ1v) is 10.3. The zero-order valence-electron chi connectivity index (χ0n) is 15.8. The molecule has 0 spiro atoms. The second kappa shape index (κ2) is 11.9. The fourth-order valence-corrected chi connectivity index (χ4v) is 2.48. The van der Waals surface area contributed by atoms with Crippen molar-refractivity contribution in [1.29, 1.82) is 0 Å². The summed E-state index contributed by atoms with van der Waals surface area (Å²) < 4.78 is 18.2. The zero-order valence-corrected chi connectivity index (χ0v) is 19.0. The van der Waals surface area contributed by atoms with Crippen LogP contribution in [0, 0.1) is 0 Å². The average molecular weight is 513 g/mol. The molecule has 0 fully saturated rings. The van der Waals surface area contributed by atoms with Crippen LogP contribution in [0.25, 0.3) is 0 Å². The summed E-state index contributed by atoms with van der Waals surface area (Å²) in [5, 5.41) is 4.14. The highest BCUT2D eigenvalue weighted by Gasteiger charge is 2.18. The molecule has 0 radical (unpaired) electrons. The molecular formula is C21H23Br2NO4. The third-order valence-corrected chi connectivity index (χ3v) is 3.97. The number of halogens is 2. The van der Waals surface area contributed by atoms with Crippen LogP contribution in [0.3, 0.4) is 0 Å². The number of hydrogen-bond acceptors (Lipinski definition) is 5. The molecule has 7 heteroatoms. The number of rotatable bonds is 10. The van der Waals surface area contributed by atoms with Crippen molar-refractivity contribution in [2.24, 2.45) is 5.16 Å². The predicted octanol–water partition coefficient (Wildman–Crippen LogP) is 5.88. The van der Waals surface area contributed by atoms with E-state index in [-0.39, 0.29) is 12.2 Å². The second-order valence-electron chi connectivity index (χ2n) is 5.99. The van der Waals surface area contributed by atoms with Crippen molar-refractivity contribution in [3.8, 4) is 11.5 Å². The number of hydrogen-bond donors (Lipinski definition) is 0. The summed E-state index contributed by atoms with van der Waals surface area (Å²) in [5.74, 6) is 2.13. The zero-order chi connectivity index (χ0) is 20.4. The predicted molar refractivity (Wildman–Crippen MR) is 119 cm³/mol. The topological polar surface area (TPSA) is 49.3 Å². The lowest BCUT2D eigenvalue weighted by atomic mass is 10.1. The van der Waals surface area contributed by atoms with Crippen molar-refractivity contribution in [2.75, 3.05) is 13.2 Å². The van der Waals surface area contributed by atoms with E-state index in [1.54, 1.807) is 12.2 Å². The normalized spacial score (nSPS) is 17.2. The molecule has 0 N–H and O–H groups in total. The largest absolute Gasteiger partial charge is 0.491 e. The first-order chi connectivity index (χ1) is 13.5. The molecule has 0 amide bonds. The standard InChI is InChI=1S/C21H23Br2NO4/c1-4-12-26-24-19-14-18(9-10-20(19)25-13-11-21(22)23)28-17-7-5-16(6-8-17)27-15(2)3/h4-11,14-15,20H,1,12-13H2,2-3H3. The van der Waals surface area contributed by atoms with Gasteiger partial charge in [-0.3, -0.25) is 0 Å². The van der Waals surface area contributed by atoms with Gasteiger partial charge in [0.05, 0.1) is 16.1 Å². The van der Waals surface area contributed by atoms with Gasteiger partial charge in [-0.05, 0) is 88.2 Å². The second-order valence-corrected chi connectivity index (χ2v) is 8.77. The summed E-state index contributed by atoms with van der Waals surface area (Å²) in [6.07, 6.45) is 8.79. The van der Waals surface area contributed by atoms with E-state index in [1.165, 1.54) is 0 Å². The average Bonchev–Trinajstić information content (AvgIpc) is 2.64. The Bertz CT molecular complexity index is 763. The maximum absolute atomic E-state index is 5.92. The molecule has 1 aliphatic rings. The van der Waals surface area contributed by atoms with E-state index >= 15 is 0 Å². The third kappa shape index (κ3) is 8.04. The van der Waals surface area contributed by atoms with E-state index in [4.69, 9.17) is 19.0 Å². The monoisotopic (exact) mass is 511 g/mol. The van der Waals surface area contributed by atoms with Gasteiger partial charge >= 0.3 is 0 Å². The third-order valence-electron chi connectivity index (χ3n) is 3.32. The van der Waals surface area contributed by atoms with Gasteiger partial charge < -0.3 is 19.0 Å². The van der Waals surface area contributed by atoms with Gasteiger partial charge in [-0.2, -0.15) is 0 Å². The molecule has 1 aromatic rings. The summed E-state index contributed by atoms with van der Waals surface area (Å²) in [7, 11) is 0. The smallest absolute Gasteiger partial charge is 0.135 e. The Labute approximate surface area is 182 Å². The maximum Gasteiger partial charge on any atom is 0.135 e. The Morgan fingerprint density at radius 3 is 2.54 bits per heavy atom. The van der Waals surface area contributed by atoms with Gasteiger partial charge in [0.25, 0.3) is 0 Å². The Kier molecular flexibility index (Phi) is 9.54. The van der Waals surface area contributed by atoms with E-state index in [0.717, 1.165) is 9.14 Å². The lowest BCUT2D eigenvalue weighted by molar-refractivity contribution is 0.139. The summed E-state index contributed by atoms with van der Waals surface area (Å²) in [5.41, 5.74) is 0.609. The van der Waals surface area contributed by atoms with Crippen LogP contribution < -0.4 is 9.47 Å². The molecule has 0 aromatic heterocycles. The molecule has 0 saturated carbocycles. The van der Waals surface area contributed by atoms with Crippen molar-refractivity contribution in [1.82, 2.24) is 0 Å². The van der Waals surface area contributed by atoms with E-state index in [9.17, 15) is 0 Å². The van der Waals surface area contributed by atoms with Gasteiger partial charge in [-0.1, -0.05) is 17.8 Å². The SMILES string of the molecule is C=CCON=C1C=C(Oc2ccc(OC(C)C)cc2)C=CC1OCC=C(Br)Br. The van der Waals surface area contributed by atoms with Gasteiger partial charge in [0.15, 0.2) is 0 Å². The van der Waals surface area contributed by atoms with Crippen LogP contribution in [-0.4, -0.2) is 31.1 Å². The molecule has 0 aliphatic heterocycles. The number of allylic oxidation sites excluding steroid dienone is 1. The van der Waals surface area contributed by atoms with Crippen LogP contribution in [0.2, 0.25) is 0 Å². The summed E-state index contributed by atoms with van der Waals surface area (Å²) in [6.45, 7) is 8.31. The fraction of sp³-hybridized carbons (Fsp3) is 0.286. The Morgan fingerprint density at radius 1 is 1.18 bits per heavy atom. The first-order valence-electron chi connectivity index (χ1n) is 8.76. The van der Waals surface area contributed by atoms with Gasteiger partial charge in [0, 0.05) is 6.08 Å². The molecule has 0 bridgehead atoms. The highest BCUT2D eigenvalue weighted by Crippen LogP contribution is 2.22. The Balaban J connectivity index is 2.07. The van der Waals surface area contributed by atoms with Gasteiger partial charge in [-0.15, -0.1) is 0 Å². The lowest BCUT2D eigenvalue weighted by Crippen LogP contribution is -2.24. The van der Waals surface area contributed by atoms with Crippen LogP contribution in [-0.2, 0) is 9.57 Å². The van der Waals surface area contributed by atoms with Crippen molar-refractivity contribution in [3.63, 3.8) is 0 Å². The molecule has 150 valence electrons. The van der Waals surface area contributed by atoms with Gasteiger partial charge in [0.2, 0.25) is 0 Å². The molecule has 1 unspecified atom stereocenters. The lowest BCUT2D eigenvalue weighted by Gasteiger charge is -2.18. The molecule has 0 saturated heterocycles.